The van der Waals surface area contributed by atoms with Crippen molar-refractivity contribution >= 4 is 5.69 Å². The van der Waals surface area contributed by atoms with E-state index in [-0.39, 0.29) is 0 Å². The van der Waals surface area contributed by atoms with Crippen LogP contribution in [-0.2, 0) is 11.2 Å². The van der Waals surface area contributed by atoms with Gasteiger partial charge in [0, 0.05) is 31.9 Å². The number of para-hydroxylation sites is 1. The first kappa shape index (κ1) is 14.4. The molecular formula is C16H26N2O. The van der Waals surface area contributed by atoms with Gasteiger partial charge in [-0.2, -0.15) is 0 Å². The molecule has 1 unspecified atom stereocenters. The molecule has 0 saturated carbocycles. The third-order valence-corrected chi connectivity index (χ3v) is 3.71. The zero-order chi connectivity index (χ0) is 13.7. The molecule has 1 aromatic carbocycles. The summed E-state index contributed by atoms with van der Waals surface area (Å²) < 4.78 is 5.42. The van der Waals surface area contributed by atoms with E-state index >= 15 is 0 Å². The Kier molecular flexibility index (Phi) is 5.23. The van der Waals surface area contributed by atoms with E-state index in [1.54, 1.807) is 7.11 Å². The van der Waals surface area contributed by atoms with Crippen LogP contribution in [0, 0.1) is 0 Å². The van der Waals surface area contributed by atoms with Crippen molar-refractivity contribution in [1.29, 1.82) is 0 Å². The number of nitrogens with one attached hydrogen (secondary N) is 1. The third kappa shape index (κ3) is 3.71. The highest BCUT2D eigenvalue weighted by molar-refractivity contribution is 5.56. The lowest BCUT2D eigenvalue weighted by Crippen LogP contribution is -2.48. The summed E-state index contributed by atoms with van der Waals surface area (Å²) in [4.78, 5) is 2.51. The van der Waals surface area contributed by atoms with Crippen LogP contribution in [0.5, 0.6) is 0 Å². The second-order valence-electron chi connectivity index (χ2n) is 5.60. The number of hydrogen-bond donors (Lipinski definition) is 1. The lowest BCUT2D eigenvalue weighted by atomic mass is 10.00. The van der Waals surface area contributed by atoms with Gasteiger partial charge in [-0.1, -0.05) is 32.0 Å². The van der Waals surface area contributed by atoms with Crippen LogP contribution in [0.2, 0.25) is 0 Å². The minimum Gasteiger partial charge on any atom is -0.383 e. The van der Waals surface area contributed by atoms with Crippen LogP contribution in [0.25, 0.3) is 0 Å². The van der Waals surface area contributed by atoms with Crippen LogP contribution in [0.15, 0.2) is 24.3 Å². The molecule has 1 atom stereocenters. The summed E-state index contributed by atoms with van der Waals surface area (Å²) in [5.74, 6) is 0. The van der Waals surface area contributed by atoms with Gasteiger partial charge in [-0.15, -0.1) is 0 Å². The maximum atomic E-state index is 5.42. The van der Waals surface area contributed by atoms with Crippen molar-refractivity contribution in [2.24, 2.45) is 0 Å². The van der Waals surface area contributed by atoms with Crippen LogP contribution < -0.4 is 10.2 Å². The van der Waals surface area contributed by atoms with E-state index in [1.165, 1.54) is 24.1 Å². The molecule has 0 radical (unpaired) electrons. The van der Waals surface area contributed by atoms with Crippen molar-refractivity contribution in [3.63, 3.8) is 0 Å². The Balaban J connectivity index is 2.13. The average Bonchev–Trinajstić information content (AvgIpc) is 2.43. The van der Waals surface area contributed by atoms with Gasteiger partial charge in [0.2, 0.25) is 0 Å². The van der Waals surface area contributed by atoms with Crippen LogP contribution >= 0.6 is 0 Å². The number of aryl methyl sites for hydroxylation is 1. The first-order valence-corrected chi connectivity index (χ1v) is 7.29. The van der Waals surface area contributed by atoms with Crippen molar-refractivity contribution in [1.82, 2.24) is 5.32 Å². The average molecular weight is 262 g/mol. The fourth-order valence-electron chi connectivity index (χ4n) is 2.77. The van der Waals surface area contributed by atoms with Gasteiger partial charge in [0.1, 0.15) is 0 Å². The highest BCUT2D eigenvalue weighted by atomic mass is 16.5. The van der Waals surface area contributed by atoms with Crippen molar-refractivity contribution in [3.8, 4) is 0 Å². The number of anilines is 1. The van der Waals surface area contributed by atoms with Gasteiger partial charge in [-0.3, -0.25) is 0 Å². The molecule has 0 aliphatic carbocycles. The zero-order valence-electron chi connectivity index (χ0n) is 12.4. The molecule has 2 rings (SSSR count). The Morgan fingerprint density at radius 2 is 2.11 bits per heavy atom. The molecule has 0 amide bonds. The number of hydrogen-bond acceptors (Lipinski definition) is 3. The van der Waals surface area contributed by atoms with E-state index in [2.05, 4.69) is 48.3 Å². The lowest BCUT2D eigenvalue weighted by Gasteiger charge is -2.38. The van der Waals surface area contributed by atoms with Crippen molar-refractivity contribution in [2.45, 2.75) is 38.8 Å². The topological polar surface area (TPSA) is 24.5 Å². The van der Waals surface area contributed by atoms with Gasteiger partial charge in [-0.05, 0) is 24.5 Å². The minimum absolute atomic E-state index is 0.411. The first-order chi connectivity index (χ1) is 9.22. The number of methoxy groups -OCH3 is 1. The van der Waals surface area contributed by atoms with E-state index in [9.17, 15) is 0 Å². The molecule has 1 aliphatic heterocycles. The number of nitrogens with zero attached hydrogens (tertiary/aromatic N) is 1. The Morgan fingerprint density at radius 1 is 1.32 bits per heavy atom. The molecule has 0 fully saturated rings. The second-order valence-corrected chi connectivity index (χ2v) is 5.60. The number of fused-ring (bicyclic) bond motifs is 1. The maximum absolute atomic E-state index is 5.42. The van der Waals surface area contributed by atoms with Crippen LogP contribution in [0.1, 0.15) is 25.8 Å². The van der Waals surface area contributed by atoms with Crippen molar-refractivity contribution in [2.75, 3.05) is 31.7 Å². The minimum atomic E-state index is 0.411. The summed E-state index contributed by atoms with van der Waals surface area (Å²) >= 11 is 0. The van der Waals surface area contributed by atoms with E-state index in [1.807, 2.05) is 0 Å². The van der Waals surface area contributed by atoms with Gasteiger partial charge in [0.15, 0.2) is 0 Å². The highest BCUT2D eigenvalue weighted by Crippen LogP contribution is 2.28. The lowest BCUT2D eigenvalue weighted by molar-refractivity contribution is 0.173. The fourth-order valence-corrected chi connectivity index (χ4v) is 2.77. The number of benzene rings is 1. The summed E-state index contributed by atoms with van der Waals surface area (Å²) in [6.07, 6.45) is 2.43. The predicted octanol–water partition coefficient (Wildman–Crippen LogP) is 2.45. The van der Waals surface area contributed by atoms with Crippen LogP contribution in [0.4, 0.5) is 5.69 Å². The largest absolute Gasteiger partial charge is 0.383 e. The molecule has 1 aliphatic rings. The maximum Gasteiger partial charge on any atom is 0.0678 e. The molecule has 1 heterocycles. The molecule has 1 aromatic rings. The standard InChI is InChI=1S/C16H26N2O/c1-13(2)17-11-15(12-19-3)18-10-6-8-14-7-4-5-9-16(14)18/h4-5,7,9,13,15,17H,6,8,10-12H2,1-3H3. The monoisotopic (exact) mass is 262 g/mol. The van der Waals surface area contributed by atoms with E-state index in [0.29, 0.717) is 12.1 Å². The fraction of sp³-hybridized carbons (Fsp3) is 0.625. The zero-order valence-corrected chi connectivity index (χ0v) is 12.4. The van der Waals surface area contributed by atoms with Gasteiger partial charge in [0.05, 0.1) is 12.6 Å². The summed E-state index contributed by atoms with van der Waals surface area (Å²) in [6, 6.07) is 9.69. The Morgan fingerprint density at radius 3 is 2.84 bits per heavy atom. The Labute approximate surface area is 116 Å². The highest BCUT2D eigenvalue weighted by Gasteiger charge is 2.23. The van der Waals surface area contributed by atoms with Crippen LogP contribution in [0.3, 0.4) is 0 Å². The Hall–Kier alpha value is -1.06. The third-order valence-electron chi connectivity index (χ3n) is 3.71. The summed E-state index contributed by atoms with van der Waals surface area (Å²) in [5, 5.41) is 3.54. The molecule has 0 bridgehead atoms. The SMILES string of the molecule is COCC(CNC(C)C)N1CCCc2ccccc21. The molecule has 19 heavy (non-hydrogen) atoms. The van der Waals surface area contributed by atoms with E-state index in [0.717, 1.165) is 19.7 Å². The number of ether oxygens (including phenoxy) is 1. The van der Waals surface area contributed by atoms with Gasteiger partial charge in [-0.25, -0.2) is 0 Å². The molecule has 0 saturated heterocycles. The molecule has 106 valence electrons. The molecule has 1 N–H and O–H groups in total. The number of rotatable bonds is 6. The van der Waals surface area contributed by atoms with Gasteiger partial charge in [0.25, 0.3) is 0 Å². The summed E-state index contributed by atoms with van der Waals surface area (Å²) in [6.45, 7) is 7.25. The quantitative estimate of drug-likeness (QED) is 0.852. The smallest absolute Gasteiger partial charge is 0.0678 e. The van der Waals surface area contributed by atoms with E-state index in [4.69, 9.17) is 4.74 Å². The van der Waals surface area contributed by atoms with Crippen LogP contribution in [-0.4, -0.2) is 38.9 Å². The van der Waals surface area contributed by atoms with Gasteiger partial charge < -0.3 is 15.0 Å². The molecule has 0 aromatic heterocycles. The summed E-state index contributed by atoms with van der Waals surface area (Å²) in [5.41, 5.74) is 2.86. The van der Waals surface area contributed by atoms with E-state index < -0.39 is 0 Å². The molecule has 0 spiro atoms. The van der Waals surface area contributed by atoms with Gasteiger partial charge >= 0.3 is 0 Å². The predicted molar refractivity (Wildman–Crippen MR) is 80.9 cm³/mol. The molecule has 3 heteroatoms. The Bertz CT molecular complexity index is 392. The van der Waals surface area contributed by atoms with Crippen molar-refractivity contribution < 1.29 is 4.74 Å². The molecule has 3 nitrogen and oxygen atoms in total. The summed E-state index contributed by atoms with van der Waals surface area (Å²) in [7, 11) is 1.79. The molecular weight excluding hydrogens is 236 g/mol. The first-order valence-electron chi connectivity index (χ1n) is 7.29. The second kappa shape index (κ2) is 6.92. The normalized spacial score (nSPS) is 16.5. The van der Waals surface area contributed by atoms with Crippen molar-refractivity contribution in [3.05, 3.63) is 29.8 Å².